The lowest BCUT2D eigenvalue weighted by Gasteiger charge is -2.43. The first kappa shape index (κ1) is 16.1. The van der Waals surface area contributed by atoms with Crippen molar-refractivity contribution in [2.45, 2.75) is 46.1 Å². The fraction of sp³-hybridized carbons (Fsp3) is 0.800. The number of piperazine rings is 1. The largest absolute Gasteiger partial charge is 0.337 e. The first-order valence-corrected chi connectivity index (χ1v) is 7.94. The van der Waals surface area contributed by atoms with Crippen LogP contribution in [0, 0.1) is 0 Å². The molecular weight excluding hydrogens is 264 g/mol. The van der Waals surface area contributed by atoms with Crippen molar-refractivity contribution >= 4 is 5.95 Å². The van der Waals surface area contributed by atoms with Crippen LogP contribution in [0.1, 0.15) is 39.1 Å². The average molecular weight is 292 g/mol. The quantitative estimate of drug-likeness (QED) is 0.868. The molecule has 0 unspecified atom stereocenters. The van der Waals surface area contributed by atoms with Crippen LogP contribution in [0.15, 0.2) is 0 Å². The zero-order valence-corrected chi connectivity index (χ0v) is 13.8. The van der Waals surface area contributed by atoms with Crippen molar-refractivity contribution in [1.82, 2.24) is 20.1 Å². The Bertz CT molecular complexity index is 465. The average Bonchev–Trinajstić information content (AvgIpc) is 2.54. The standard InChI is InChI=1S/C15H28N6/c1-5-12-13(6-2)18-19-14(17-12)20-7-9-21(10-8-20)15(3,4)11-16/h5-11,16H2,1-4H3. The van der Waals surface area contributed by atoms with E-state index < -0.39 is 0 Å². The van der Waals surface area contributed by atoms with E-state index in [9.17, 15) is 0 Å². The molecule has 0 bridgehead atoms. The summed E-state index contributed by atoms with van der Waals surface area (Å²) in [5.74, 6) is 0.772. The number of aryl methyl sites for hydroxylation is 2. The molecule has 1 fully saturated rings. The lowest BCUT2D eigenvalue weighted by Crippen LogP contribution is -2.57. The maximum atomic E-state index is 5.86. The van der Waals surface area contributed by atoms with Gasteiger partial charge >= 0.3 is 0 Å². The van der Waals surface area contributed by atoms with Crippen molar-refractivity contribution in [3.05, 3.63) is 11.4 Å². The summed E-state index contributed by atoms with van der Waals surface area (Å²) >= 11 is 0. The highest BCUT2D eigenvalue weighted by Gasteiger charge is 2.29. The van der Waals surface area contributed by atoms with Gasteiger partial charge in [-0.3, -0.25) is 4.90 Å². The van der Waals surface area contributed by atoms with Gasteiger partial charge in [0.1, 0.15) is 0 Å². The van der Waals surface area contributed by atoms with Gasteiger partial charge in [-0.15, -0.1) is 5.10 Å². The molecule has 0 aromatic carbocycles. The van der Waals surface area contributed by atoms with E-state index in [1.807, 2.05) is 0 Å². The second kappa shape index (κ2) is 6.66. The SMILES string of the molecule is CCc1nnc(N2CCN(C(C)(C)CN)CC2)nc1CC. The number of anilines is 1. The Balaban J connectivity index is 2.05. The van der Waals surface area contributed by atoms with Gasteiger partial charge < -0.3 is 10.6 Å². The van der Waals surface area contributed by atoms with Crippen molar-refractivity contribution in [2.75, 3.05) is 37.6 Å². The summed E-state index contributed by atoms with van der Waals surface area (Å²) in [6.45, 7) is 13.1. The van der Waals surface area contributed by atoms with Crippen molar-refractivity contribution in [2.24, 2.45) is 5.73 Å². The molecule has 0 amide bonds. The molecule has 2 N–H and O–H groups in total. The van der Waals surface area contributed by atoms with E-state index >= 15 is 0 Å². The molecule has 0 aliphatic carbocycles. The van der Waals surface area contributed by atoms with Gasteiger partial charge in [-0.05, 0) is 26.7 Å². The second-order valence-corrected chi connectivity index (χ2v) is 6.20. The number of hydrogen-bond acceptors (Lipinski definition) is 6. The minimum Gasteiger partial charge on any atom is -0.337 e. The van der Waals surface area contributed by atoms with Gasteiger partial charge in [0.05, 0.1) is 11.4 Å². The van der Waals surface area contributed by atoms with Gasteiger partial charge in [0, 0.05) is 38.3 Å². The van der Waals surface area contributed by atoms with E-state index in [0.29, 0.717) is 6.54 Å². The molecule has 0 radical (unpaired) electrons. The molecule has 1 aliphatic rings. The van der Waals surface area contributed by atoms with Crippen molar-refractivity contribution in [3.8, 4) is 0 Å². The molecule has 21 heavy (non-hydrogen) atoms. The van der Waals surface area contributed by atoms with Gasteiger partial charge in [-0.2, -0.15) is 5.10 Å². The third-order valence-electron chi connectivity index (χ3n) is 4.42. The molecule has 0 spiro atoms. The molecule has 1 aromatic rings. The molecule has 6 heteroatoms. The topological polar surface area (TPSA) is 71.2 Å². The number of rotatable bonds is 5. The van der Waals surface area contributed by atoms with Crippen LogP contribution in [0.2, 0.25) is 0 Å². The van der Waals surface area contributed by atoms with E-state index in [2.05, 4.69) is 47.7 Å². The lowest BCUT2D eigenvalue weighted by molar-refractivity contribution is 0.118. The zero-order valence-electron chi connectivity index (χ0n) is 13.8. The number of aromatic nitrogens is 3. The Kier molecular flexibility index (Phi) is 5.11. The van der Waals surface area contributed by atoms with Crippen LogP contribution in [-0.2, 0) is 12.8 Å². The van der Waals surface area contributed by atoms with Gasteiger partial charge in [0.25, 0.3) is 0 Å². The van der Waals surface area contributed by atoms with Gasteiger partial charge in [0.2, 0.25) is 5.95 Å². The van der Waals surface area contributed by atoms with Crippen LogP contribution >= 0.6 is 0 Å². The molecular formula is C15H28N6. The van der Waals surface area contributed by atoms with Crippen LogP contribution in [-0.4, -0.2) is 58.3 Å². The van der Waals surface area contributed by atoms with Gasteiger partial charge in [-0.1, -0.05) is 13.8 Å². The Morgan fingerprint density at radius 1 is 1.00 bits per heavy atom. The predicted octanol–water partition coefficient (Wildman–Crippen LogP) is 0.856. The highest BCUT2D eigenvalue weighted by molar-refractivity contribution is 5.31. The van der Waals surface area contributed by atoms with E-state index in [1.54, 1.807) is 0 Å². The first-order valence-electron chi connectivity index (χ1n) is 7.94. The zero-order chi connectivity index (χ0) is 15.5. The molecule has 0 saturated carbocycles. The molecule has 118 valence electrons. The minimum absolute atomic E-state index is 0.0614. The first-order chi connectivity index (χ1) is 10.0. The highest BCUT2D eigenvalue weighted by atomic mass is 15.4. The molecule has 1 saturated heterocycles. The molecule has 2 heterocycles. The van der Waals surface area contributed by atoms with E-state index in [0.717, 1.165) is 56.4 Å². The fourth-order valence-electron chi connectivity index (χ4n) is 2.70. The van der Waals surface area contributed by atoms with Gasteiger partial charge in [0.15, 0.2) is 0 Å². The molecule has 1 aromatic heterocycles. The van der Waals surface area contributed by atoms with Crippen molar-refractivity contribution in [3.63, 3.8) is 0 Å². The maximum absolute atomic E-state index is 5.86. The summed E-state index contributed by atoms with van der Waals surface area (Å²) in [5, 5.41) is 8.65. The summed E-state index contributed by atoms with van der Waals surface area (Å²) in [6, 6.07) is 0. The van der Waals surface area contributed by atoms with Crippen molar-refractivity contribution in [1.29, 1.82) is 0 Å². The summed E-state index contributed by atoms with van der Waals surface area (Å²) in [5.41, 5.74) is 8.02. The van der Waals surface area contributed by atoms with E-state index in [1.165, 1.54) is 0 Å². The van der Waals surface area contributed by atoms with E-state index in [-0.39, 0.29) is 5.54 Å². The normalized spacial score (nSPS) is 17.3. The predicted molar refractivity (Wildman–Crippen MR) is 85.5 cm³/mol. The van der Waals surface area contributed by atoms with Gasteiger partial charge in [-0.25, -0.2) is 4.98 Å². The Morgan fingerprint density at radius 2 is 1.62 bits per heavy atom. The fourth-order valence-corrected chi connectivity index (χ4v) is 2.70. The maximum Gasteiger partial charge on any atom is 0.245 e. The summed E-state index contributed by atoms with van der Waals surface area (Å²) in [4.78, 5) is 9.38. The smallest absolute Gasteiger partial charge is 0.245 e. The molecule has 0 atom stereocenters. The monoisotopic (exact) mass is 292 g/mol. The van der Waals surface area contributed by atoms with Crippen LogP contribution in [0.3, 0.4) is 0 Å². The Hall–Kier alpha value is -1.27. The highest BCUT2D eigenvalue weighted by Crippen LogP contribution is 2.18. The van der Waals surface area contributed by atoms with Crippen LogP contribution < -0.4 is 10.6 Å². The minimum atomic E-state index is 0.0614. The summed E-state index contributed by atoms with van der Waals surface area (Å²) in [6.07, 6.45) is 1.80. The lowest BCUT2D eigenvalue weighted by atomic mass is 10.0. The number of nitrogens with two attached hydrogens (primary N) is 1. The van der Waals surface area contributed by atoms with Crippen LogP contribution in [0.5, 0.6) is 0 Å². The van der Waals surface area contributed by atoms with Crippen LogP contribution in [0.4, 0.5) is 5.95 Å². The van der Waals surface area contributed by atoms with Crippen LogP contribution in [0.25, 0.3) is 0 Å². The van der Waals surface area contributed by atoms with E-state index in [4.69, 9.17) is 10.7 Å². The number of hydrogen-bond donors (Lipinski definition) is 1. The molecule has 2 rings (SSSR count). The van der Waals surface area contributed by atoms with Crippen molar-refractivity contribution < 1.29 is 0 Å². The summed E-state index contributed by atoms with van der Waals surface area (Å²) in [7, 11) is 0. The number of nitrogens with zero attached hydrogens (tertiary/aromatic N) is 5. The Morgan fingerprint density at radius 3 is 2.14 bits per heavy atom. The molecule has 1 aliphatic heterocycles. The second-order valence-electron chi connectivity index (χ2n) is 6.20. The third-order valence-corrected chi connectivity index (χ3v) is 4.42. The Labute approximate surface area is 127 Å². The summed E-state index contributed by atoms with van der Waals surface area (Å²) < 4.78 is 0. The molecule has 6 nitrogen and oxygen atoms in total. The third kappa shape index (κ3) is 3.49.